The molecule has 0 aromatic heterocycles. The summed E-state index contributed by atoms with van der Waals surface area (Å²) in [7, 11) is 1.80. The van der Waals surface area contributed by atoms with Gasteiger partial charge < -0.3 is 25.6 Å². The van der Waals surface area contributed by atoms with Crippen molar-refractivity contribution in [3.63, 3.8) is 0 Å². The summed E-state index contributed by atoms with van der Waals surface area (Å²) in [5.41, 5.74) is 6.48. The van der Waals surface area contributed by atoms with Crippen LogP contribution in [0.3, 0.4) is 0 Å². The van der Waals surface area contributed by atoms with Crippen LogP contribution in [0.1, 0.15) is 78.2 Å². The molecule has 6 rings (SSSR count). The van der Waals surface area contributed by atoms with Crippen LogP contribution in [0, 0.1) is 6.92 Å². The Labute approximate surface area is 226 Å². The molecule has 2 aromatic rings. The van der Waals surface area contributed by atoms with E-state index >= 15 is 0 Å². The Morgan fingerprint density at radius 3 is 1.94 bits per heavy atom. The lowest BCUT2D eigenvalue weighted by atomic mass is 9.74. The number of fused-ring (bicyclic) bond motifs is 6. The highest BCUT2D eigenvalue weighted by atomic mass is 79.9. The van der Waals surface area contributed by atoms with Crippen LogP contribution in [0.2, 0.25) is 0 Å². The molecule has 5 nitrogen and oxygen atoms in total. The van der Waals surface area contributed by atoms with Crippen molar-refractivity contribution < 1.29 is 14.9 Å². The second-order valence-corrected chi connectivity index (χ2v) is 10.2. The molecule has 4 atom stereocenters. The molecule has 2 fully saturated rings. The zero-order chi connectivity index (χ0) is 22.9. The highest BCUT2D eigenvalue weighted by molar-refractivity contribution is 8.93. The van der Waals surface area contributed by atoms with Gasteiger partial charge in [-0.2, -0.15) is 0 Å². The van der Waals surface area contributed by atoms with E-state index in [2.05, 4.69) is 29.7 Å². The van der Waals surface area contributed by atoms with E-state index in [0.29, 0.717) is 23.9 Å². The molecule has 2 saturated heterocycles. The van der Waals surface area contributed by atoms with Crippen LogP contribution >= 0.6 is 29.4 Å². The van der Waals surface area contributed by atoms with Crippen LogP contribution in [0.4, 0.5) is 0 Å². The molecule has 0 unspecified atom stereocenters. The summed E-state index contributed by atoms with van der Waals surface area (Å²) in [6.45, 7) is 4.45. The summed E-state index contributed by atoms with van der Waals surface area (Å²) in [5.74, 6) is 2.47. The number of halogens is 2. The Bertz CT molecular complexity index is 1020. The second kappa shape index (κ2) is 12.2. The highest BCUT2D eigenvalue weighted by Crippen LogP contribution is 2.44. The largest absolute Gasteiger partial charge is 0.504 e. The third-order valence-corrected chi connectivity index (χ3v) is 8.37. The fraction of sp³-hybridized carbons (Fsp3) is 0.571. The van der Waals surface area contributed by atoms with Gasteiger partial charge in [0.2, 0.25) is 0 Å². The Morgan fingerprint density at radius 1 is 0.800 bits per heavy atom. The molecular weight excluding hydrogens is 528 g/mol. The quantitative estimate of drug-likeness (QED) is 0.335. The molecule has 7 heteroatoms. The van der Waals surface area contributed by atoms with Crippen molar-refractivity contribution in [2.75, 3.05) is 20.2 Å². The van der Waals surface area contributed by atoms with E-state index in [0.717, 1.165) is 37.1 Å². The maximum Gasteiger partial charge on any atom is 0.160 e. The Balaban J connectivity index is 0.000000185. The molecule has 35 heavy (non-hydrogen) atoms. The number of ether oxygens (including phenoxy) is 1. The Hall–Kier alpha value is -1.47. The van der Waals surface area contributed by atoms with Gasteiger partial charge in [-0.05, 0) is 112 Å². The Morgan fingerprint density at radius 2 is 1.34 bits per heavy atom. The molecule has 0 radical (unpaired) electrons. The van der Waals surface area contributed by atoms with E-state index in [1.165, 1.54) is 60.9 Å². The average molecular weight is 568 g/mol. The molecule has 0 amide bonds. The number of aromatic hydroxyl groups is 2. The fourth-order valence-corrected chi connectivity index (χ4v) is 6.76. The van der Waals surface area contributed by atoms with Crippen molar-refractivity contribution in [2.24, 2.45) is 0 Å². The van der Waals surface area contributed by atoms with Gasteiger partial charge in [0, 0.05) is 17.6 Å². The van der Waals surface area contributed by atoms with Gasteiger partial charge in [-0.25, -0.2) is 0 Å². The lowest BCUT2D eigenvalue weighted by molar-refractivity contribution is 0.312. The first-order chi connectivity index (χ1) is 16.1. The minimum atomic E-state index is 0. The first-order valence-electron chi connectivity index (χ1n) is 12.7. The summed E-state index contributed by atoms with van der Waals surface area (Å²) in [4.78, 5) is 0. The number of piperidine rings is 2. The van der Waals surface area contributed by atoms with Gasteiger partial charge in [0.15, 0.2) is 11.5 Å². The molecule has 4 N–H and O–H groups in total. The van der Waals surface area contributed by atoms with Gasteiger partial charge in [-0.1, -0.05) is 18.2 Å². The van der Waals surface area contributed by atoms with Crippen molar-refractivity contribution >= 4 is 29.4 Å². The normalized spacial score (nSPS) is 26.1. The third-order valence-electron chi connectivity index (χ3n) is 8.37. The molecule has 2 aromatic carbocycles. The number of methoxy groups -OCH3 is 1. The van der Waals surface area contributed by atoms with E-state index in [1.807, 2.05) is 6.07 Å². The number of rotatable bonds is 1. The maximum absolute atomic E-state index is 9.86. The van der Waals surface area contributed by atoms with Gasteiger partial charge in [0.25, 0.3) is 0 Å². The standard InChI is InChI=1S/C15H21NO.C13H17NO2.BrH.ClH/c1-10-5-6-11-12-4-3-9-16-14(12)8-7-13(11)15(10)17-2;15-12-6-4-8-9-2-1-7-14-11(9)5-3-10(8)13(12)16;;/h5-6,12,14,16H,3-4,7-9H2,1-2H3;4,6,9,11,14-16H,1-3,5,7H2;2*1H/t12-,14+;9-,11+;;/m11../s1. The molecule has 2 heterocycles. The topological polar surface area (TPSA) is 73.8 Å². The van der Waals surface area contributed by atoms with Crippen molar-refractivity contribution in [3.05, 3.63) is 52.1 Å². The number of benzene rings is 2. The fourth-order valence-electron chi connectivity index (χ4n) is 6.76. The van der Waals surface area contributed by atoms with Crippen LogP contribution in [0.25, 0.3) is 0 Å². The smallest absolute Gasteiger partial charge is 0.160 e. The van der Waals surface area contributed by atoms with Crippen molar-refractivity contribution in [3.8, 4) is 17.2 Å². The van der Waals surface area contributed by atoms with Gasteiger partial charge in [0.05, 0.1) is 7.11 Å². The summed E-state index contributed by atoms with van der Waals surface area (Å²) < 4.78 is 5.60. The molecule has 2 aliphatic carbocycles. The van der Waals surface area contributed by atoms with E-state index in [-0.39, 0.29) is 40.9 Å². The monoisotopic (exact) mass is 566 g/mol. The summed E-state index contributed by atoms with van der Waals surface area (Å²) >= 11 is 0. The molecule has 0 bridgehead atoms. The van der Waals surface area contributed by atoms with E-state index in [9.17, 15) is 10.2 Å². The highest BCUT2D eigenvalue weighted by Gasteiger charge is 2.34. The van der Waals surface area contributed by atoms with Gasteiger partial charge in [-0.15, -0.1) is 29.4 Å². The minimum Gasteiger partial charge on any atom is -0.504 e. The predicted octanol–water partition coefficient (Wildman–Crippen LogP) is 5.66. The SMILES string of the molecule is Br.COc1c(C)ccc2c1CC[C@@H]1NCCC[C@H]21.Cl.Oc1ccc2c(c1O)CC[C@@H]1NCCC[C@H]21. The van der Waals surface area contributed by atoms with Gasteiger partial charge in [-0.3, -0.25) is 0 Å². The van der Waals surface area contributed by atoms with Crippen molar-refractivity contribution in [1.82, 2.24) is 10.6 Å². The first kappa shape index (κ1) is 28.1. The third kappa shape index (κ3) is 5.46. The predicted molar refractivity (Wildman–Crippen MR) is 149 cm³/mol. The number of nitrogens with one attached hydrogen (secondary N) is 2. The van der Waals surface area contributed by atoms with Crippen LogP contribution in [-0.4, -0.2) is 42.5 Å². The van der Waals surface area contributed by atoms with Crippen molar-refractivity contribution in [1.29, 1.82) is 0 Å². The summed E-state index contributed by atoms with van der Waals surface area (Å²) in [6, 6.07) is 9.40. The maximum atomic E-state index is 9.86. The Kier molecular flexibility index (Phi) is 9.78. The summed E-state index contributed by atoms with van der Waals surface area (Å²) in [5, 5.41) is 26.6. The van der Waals surface area contributed by atoms with Crippen LogP contribution in [-0.2, 0) is 12.8 Å². The lowest BCUT2D eigenvalue weighted by Crippen LogP contribution is -2.42. The van der Waals surface area contributed by atoms with E-state index in [4.69, 9.17) is 4.74 Å². The lowest BCUT2D eigenvalue weighted by Gasteiger charge is -2.38. The van der Waals surface area contributed by atoms with Gasteiger partial charge >= 0.3 is 0 Å². The van der Waals surface area contributed by atoms with Gasteiger partial charge in [0.1, 0.15) is 5.75 Å². The first-order valence-corrected chi connectivity index (χ1v) is 12.7. The zero-order valence-electron chi connectivity index (χ0n) is 20.8. The molecule has 2 aliphatic heterocycles. The van der Waals surface area contributed by atoms with Crippen molar-refractivity contribution in [2.45, 2.75) is 82.2 Å². The number of aryl methyl sites for hydroxylation is 1. The number of hydrogen-bond donors (Lipinski definition) is 4. The minimum absolute atomic E-state index is 0. The molecule has 194 valence electrons. The van der Waals surface area contributed by atoms with E-state index in [1.54, 1.807) is 13.2 Å². The molecule has 0 saturated carbocycles. The molecule has 4 aliphatic rings. The number of phenolic OH excluding ortho intramolecular Hbond substituents is 2. The summed E-state index contributed by atoms with van der Waals surface area (Å²) in [6.07, 6.45) is 9.37. The molecular formula is C28H40BrClN2O3. The molecule has 0 spiro atoms. The van der Waals surface area contributed by atoms with Crippen LogP contribution in [0.5, 0.6) is 17.2 Å². The number of hydrogen-bond acceptors (Lipinski definition) is 5. The van der Waals surface area contributed by atoms with E-state index < -0.39 is 0 Å². The zero-order valence-corrected chi connectivity index (χ0v) is 23.3. The average Bonchev–Trinajstić information content (AvgIpc) is 2.86. The van der Waals surface area contributed by atoms with Crippen LogP contribution < -0.4 is 15.4 Å². The van der Waals surface area contributed by atoms with Crippen LogP contribution in [0.15, 0.2) is 24.3 Å². The second-order valence-electron chi connectivity index (χ2n) is 10.2. The number of phenols is 2.